The zero-order valence-electron chi connectivity index (χ0n) is 12.9. The van der Waals surface area contributed by atoms with Crippen LogP contribution in [0.2, 0.25) is 0 Å². The quantitative estimate of drug-likeness (QED) is 0.811. The topological polar surface area (TPSA) is 27.7 Å². The Bertz CT molecular complexity index is 262. The lowest BCUT2D eigenvalue weighted by molar-refractivity contribution is -0.0528. The first-order valence-electron chi connectivity index (χ1n) is 7.99. The largest absolute Gasteiger partial charge is 0.374 e. The number of ether oxygens (including phenoxy) is 1. The summed E-state index contributed by atoms with van der Waals surface area (Å²) < 4.78 is 5.97. The Hall–Kier alpha value is -0.160. The molecule has 2 fully saturated rings. The molecule has 2 aliphatic rings. The second-order valence-corrected chi connectivity index (χ2v) is 6.02. The summed E-state index contributed by atoms with van der Waals surface area (Å²) in [4.78, 5) is 5.17. The molecule has 0 bridgehead atoms. The fourth-order valence-corrected chi connectivity index (χ4v) is 3.44. The molecule has 0 aromatic rings. The Labute approximate surface area is 118 Å². The van der Waals surface area contributed by atoms with Crippen molar-refractivity contribution in [1.82, 2.24) is 15.1 Å². The minimum absolute atomic E-state index is 0.401. The van der Waals surface area contributed by atoms with Crippen molar-refractivity contribution in [3.8, 4) is 0 Å². The molecule has 2 saturated heterocycles. The van der Waals surface area contributed by atoms with Crippen LogP contribution in [0.4, 0.5) is 0 Å². The molecule has 0 amide bonds. The zero-order chi connectivity index (χ0) is 13.7. The Kier molecular flexibility index (Phi) is 6.07. The second kappa shape index (κ2) is 7.58. The van der Waals surface area contributed by atoms with E-state index in [2.05, 4.69) is 36.0 Å². The molecule has 0 spiro atoms. The third-order valence-electron chi connectivity index (χ3n) is 4.80. The molecule has 4 heteroatoms. The standard InChI is InChI=1S/C15H31N3O/c1-4-17-9-10-19-14(11-17)12-18-8-6-5-7-15(18)13(2)16-3/h13-16H,4-12H2,1-3H3. The van der Waals surface area contributed by atoms with Gasteiger partial charge in [-0.15, -0.1) is 0 Å². The molecule has 0 aliphatic carbocycles. The summed E-state index contributed by atoms with van der Waals surface area (Å²) in [6, 6.07) is 1.26. The van der Waals surface area contributed by atoms with Crippen LogP contribution in [0.3, 0.4) is 0 Å². The van der Waals surface area contributed by atoms with Gasteiger partial charge in [-0.2, -0.15) is 0 Å². The van der Waals surface area contributed by atoms with E-state index < -0.39 is 0 Å². The van der Waals surface area contributed by atoms with Crippen molar-refractivity contribution in [2.24, 2.45) is 0 Å². The van der Waals surface area contributed by atoms with Crippen molar-refractivity contribution in [2.75, 3.05) is 46.4 Å². The van der Waals surface area contributed by atoms with Gasteiger partial charge in [-0.25, -0.2) is 0 Å². The molecule has 3 unspecified atom stereocenters. The molecule has 0 saturated carbocycles. The molecule has 3 atom stereocenters. The first kappa shape index (κ1) is 15.2. The normalized spacial score (nSPS) is 32.4. The molecule has 0 aromatic heterocycles. The highest BCUT2D eigenvalue weighted by atomic mass is 16.5. The molecule has 2 heterocycles. The van der Waals surface area contributed by atoms with Gasteiger partial charge < -0.3 is 10.1 Å². The SMILES string of the molecule is CCN1CCOC(CN2CCCCC2C(C)NC)C1. The fourth-order valence-electron chi connectivity index (χ4n) is 3.44. The molecule has 0 aromatic carbocycles. The molecular formula is C15H31N3O. The van der Waals surface area contributed by atoms with Crippen LogP contribution in [0, 0.1) is 0 Å². The number of piperidine rings is 1. The second-order valence-electron chi connectivity index (χ2n) is 6.02. The number of likely N-dealkylation sites (tertiary alicyclic amines) is 1. The Balaban J connectivity index is 1.88. The van der Waals surface area contributed by atoms with E-state index in [9.17, 15) is 0 Å². The van der Waals surface area contributed by atoms with Gasteiger partial charge in [0.15, 0.2) is 0 Å². The van der Waals surface area contributed by atoms with E-state index in [0.29, 0.717) is 18.2 Å². The van der Waals surface area contributed by atoms with Gasteiger partial charge in [0.1, 0.15) is 0 Å². The summed E-state index contributed by atoms with van der Waals surface area (Å²) in [5.74, 6) is 0. The van der Waals surface area contributed by atoms with Crippen LogP contribution < -0.4 is 5.32 Å². The number of hydrogen-bond acceptors (Lipinski definition) is 4. The number of rotatable bonds is 5. The lowest BCUT2D eigenvalue weighted by Gasteiger charge is -2.42. The van der Waals surface area contributed by atoms with Crippen LogP contribution in [-0.4, -0.2) is 74.4 Å². The minimum Gasteiger partial charge on any atom is -0.374 e. The van der Waals surface area contributed by atoms with E-state index in [0.717, 1.165) is 32.8 Å². The Morgan fingerprint density at radius 1 is 1.32 bits per heavy atom. The summed E-state index contributed by atoms with van der Waals surface area (Å²) >= 11 is 0. The van der Waals surface area contributed by atoms with Crippen molar-refractivity contribution in [3.63, 3.8) is 0 Å². The minimum atomic E-state index is 0.401. The predicted molar refractivity (Wildman–Crippen MR) is 79.6 cm³/mol. The summed E-state index contributed by atoms with van der Waals surface area (Å²) in [5.41, 5.74) is 0. The summed E-state index contributed by atoms with van der Waals surface area (Å²) in [5, 5.41) is 3.43. The molecule has 0 radical (unpaired) electrons. The van der Waals surface area contributed by atoms with Gasteiger partial charge in [0.05, 0.1) is 12.7 Å². The summed E-state index contributed by atoms with van der Waals surface area (Å²) in [6.45, 7) is 11.2. The van der Waals surface area contributed by atoms with Gasteiger partial charge >= 0.3 is 0 Å². The molecule has 1 N–H and O–H groups in total. The van der Waals surface area contributed by atoms with Gasteiger partial charge in [0, 0.05) is 31.7 Å². The highest BCUT2D eigenvalue weighted by molar-refractivity contribution is 4.86. The maximum atomic E-state index is 5.97. The summed E-state index contributed by atoms with van der Waals surface area (Å²) in [6.07, 6.45) is 4.45. The monoisotopic (exact) mass is 269 g/mol. The molecule has 19 heavy (non-hydrogen) atoms. The van der Waals surface area contributed by atoms with Crippen LogP contribution in [0.15, 0.2) is 0 Å². The third kappa shape index (κ3) is 4.15. The van der Waals surface area contributed by atoms with Crippen LogP contribution in [-0.2, 0) is 4.74 Å². The molecular weight excluding hydrogens is 238 g/mol. The fraction of sp³-hybridized carbons (Fsp3) is 1.00. The predicted octanol–water partition coefficient (Wildman–Crippen LogP) is 1.17. The number of morpholine rings is 1. The van der Waals surface area contributed by atoms with Gasteiger partial charge in [-0.3, -0.25) is 9.80 Å². The van der Waals surface area contributed by atoms with Crippen molar-refractivity contribution in [3.05, 3.63) is 0 Å². The van der Waals surface area contributed by atoms with Crippen LogP contribution >= 0.6 is 0 Å². The number of nitrogens with zero attached hydrogens (tertiary/aromatic N) is 2. The molecule has 2 aliphatic heterocycles. The average molecular weight is 269 g/mol. The highest BCUT2D eigenvalue weighted by Gasteiger charge is 2.30. The molecule has 2 rings (SSSR count). The van der Waals surface area contributed by atoms with E-state index >= 15 is 0 Å². The van der Waals surface area contributed by atoms with Gasteiger partial charge in [-0.05, 0) is 39.9 Å². The maximum absolute atomic E-state index is 5.97. The Morgan fingerprint density at radius 2 is 2.16 bits per heavy atom. The van der Waals surface area contributed by atoms with Gasteiger partial charge in [-0.1, -0.05) is 13.3 Å². The average Bonchev–Trinajstić information content (AvgIpc) is 2.47. The van der Waals surface area contributed by atoms with E-state index in [-0.39, 0.29) is 0 Å². The van der Waals surface area contributed by atoms with E-state index in [1.807, 2.05) is 0 Å². The van der Waals surface area contributed by atoms with Crippen molar-refractivity contribution in [2.45, 2.75) is 51.3 Å². The van der Waals surface area contributed by atoms with Gasteiger partial charge in [0.25, 0.3) is 0 Å². The first-order chi connectivity index (χ1) is 9.24. The number of nitrogens with one attached hydrogen (secondary N) is 1. The van der Waals surface area contributed by atoms with Gasteiger partial charge in [0.2, 0.25) is 0 Å². The lowest BCUT2D eigenvalue weighted by atomic mass is 9.96. The summed E-state index contributed by atoms with van der Waals surface area (Å²) in [7, 11) is 2.08. The lowest BCUT2D eigenvalue weighted by Crippen LogP contribution is -2.55. The first-order valence-corrected chi connectivity index (χ1v) is 7.99. The van der Waals surface area contributed by atoms with Crippen molar-refractivity contribution in [1.29, 1.82) is 0 Å². The van der Waals surface area contributed by atoms with E-state index in [1.165, 1.54) is 25.8 Å². The van der Waals surface area contributed by atoms with Crippen molar-refractivity contribution >= 4 is 0 Å². The van der Waals surface area contributed by atoms with E-state index in [1.54, 1.807) is 0 Å². The van der Waals surface area contributed by atoms with Crippen LogP contribution in [0.5, 0.6) is 0 Å². The zero-order valence-corrected chi connectivity index (χ0v) is 12.9. The van der Waals surface area contributed by atoms with E-state index in [4.69, 9.17) is 4.74 Å². The number of hydrogen-bond donors (Lipinski definition) is 1. The van der Waals surface area contributed by atoms with Crippen LogP contribution in [0.1, 0.15) is 33.1 Å². The van der Waals surface area contributed by atoms with Crippen LogP contribution in [0.25, 0.3) is 0 Å². The smallest absolute Gasteiger partial charge is 0.0829 e. The Morgan fingerprint density at radius 3 is 2.89 bits per heavy atom. The number of likely N-dealkylation sites (N-methyl/N-ethyl adjacent to an activating group) is 2. The highest BCUT2D eigenvalue weighted by Crippen LogP contribution is 2.21. The third-order valence-corrected chi connectivity index (χ3v) is 4.80. The molecule has 112 valence electrons. The maximum Gasteiger partial charge on any atom is 0.0829 e. The molecule has 4 nitrogen and oxygen atoms in total. The van der Waals surface area contributed by atoms with Crippen molar-refractivity contribution < 1.29 is 4.74 Å².